The Labute approximate surface area is 363 Å². The first-order valence-electron chi connectivity index (χ1n) is 21.1. The van der Waals surface area contributed by atoms with E-state index < -0.39 is 0 Å². The molecular formula is C57H31N3O2S. The van der Waals surface area contributed by atoms with Crippen LogP contribution in [0.4, 0.5) is 0 Å². The lowest BCUT2D eigenvalue weighted by atomic mass is 9.87. The highest BCUT2D eigenvalue weighted by Gasteiger charge is 2.22. The van der Waals surface area contributed by atoms with Crippen LogP contribution >= 0.6 is 11.3 Å². The first-order valence-corrected chi connectivity index (χ1v) is 21.9. The van der Waals surface area contributed by atoms with Gasteiger partial charge in [-0.3, -0.25) is 0 Å². The van der Waals surface area contributed by atoms with Gasteiger partial charge < -0.3 is 8.83 Å². The Bertz CT molecular complexity index is 4160. The van der Waals surface area contributed by atoms with E-state index in [1.54, 1.807) is 11.3 Å². The van der Waals surface area contributed by atoms with Crippen molar-refractivity contribution < 1.29 is 8.83 Å². The number of benzene rings is 10. The van der Waals surface area contributed by atoms with Crippen LogP contribution < -0.4 is 0 Å². The van der Waals surface area contributed by atoms with Gasteiger partial charge in [0.25, 0.3) is 0 Å². The van der Waals surface area contributed by atoms with Gasteiger partial charge in [-0.15, -0.1) is 11.3 Å². The molecule has 4 heterocycles. The van der Waals surface area contributed by atoms with Crippen LogP contribution in [-0.4, -0.2) is 15.0 Å². The van der Waals surface area contributed by atoms with E-state index in [0.29, 0.717) is 17.5 Å². The molecular weight excluding hydrogens is 791 g/mol. The van der Waals surface area contributed by atoms with Gasteiger partial charge in [0.15, 0.2) is 17.5 Å². The molecule has 4 aromatic heterocycles. The van der Waals surface area contributed by atoms with E-state index in [1.165, 1.54) is 53.4 Å². The van der Waals surface area contributed by atoms with Gasteiger partial charge in [-0.1, -0.05) is 140 Å². The minimum atomic E-state index is 0.587. The highest BCUT2D eigenvalue weighted by molar-refractivity contribution is 7.26. The van der Waals surface area contributed by atoms with Crippen molar-refractivity contribution in [1.29, 1.82) is 0 Å². The van der Waals surface area contributed by atoms with Crippen LogP contribution in [0.2, 0.25) is 0 Å². The summed E-state index contributed by atoms with van der Waals surface area (Å²) in [7, 11) is 0. The molecule has 6 heteroatoms. The number of para-hydroxylation sites is 1. The molecule has 0 N–H and O–H groups in total. The van der Waals surface area contributed by atoms with Crippen molar-refractivity contribution in [3.8, 4) is 56.4 Å². The van der Waals surface area contributed by atoms with E-state index >= 15 is 0 Å². The summed E-state index contributed by atoms with van der Waals surface area (Å²) in [6, 6.07) is 66.2. The standard InChI is InChI=1S/C57H31N3O2S/c1-2-12-36(43-29-30-48-53-51(43)41-16-4-3-13-37(41)42-17-10-21-47(62-48)52(42)53)35(11-1)32-23-25-33(26-24-32)55-58-56(34-27-28-39-38-14-5-7-20-46(38)61-49(39)31-34)60-57(59-55)45-19-9-18-44-40-15-6-8-22-50(40)63-54(44)45/h1-31H. The Balaban J connectivity index is 0.929. The average molecular weight is 822 g/mol. The fourth-order valence-electron chi connectivity index (χ4n) is 9.89. The third kappa shape index (κ3) is 5.13. The smallest absolute Gasteiger partial charge is 0.165 e. The van der Waals surface area contributed by atoms with E-state index in [2.05, 4.69) is 170 Å². The lowest BCUT2D eigenvalue weighted by Crippen LogP contribution is -2.00. The molecule has 0 aliphatic carbocycles. The van der Waals surface area contributed by atoms with E-state index in [1.807, 2.05) is 18.2 Å². The molecule has 0 saturated heterocycles. The van der Waals surface area contributed by atoms with E-state index in [0.717, 1.165) is 71.2 Å². The molecule has 0 aliphatic rings. The lowest BCUT2D eigenvalue weighted by Gasteiger charge is -2.16. The van der Waals surface area contributed by atoms with Gasteiger partial charge in [0.2, 0.25) is 0 Å². The van der Waals surface area contributed by atoms with Crippen LogP contribution in [0.25, 0.3) is 142 Å². The Morgan fingerprint density at radius 2 is 0.873 bits per heavy atom. The molecule has 0 fully saturated rings. The number of nitrogens with zero attached hydrogens (tertiary/aromatic N) is 3. The topological polar surface area (TPSA) is 65.0 Å². The number of rotatable bonds is 5. The SMILES string of the molecule is c1ccc(-c2ccc3oc4cccc5c6ccccc6c2c3c45)c(-c2ccc(-c3nc(-c4ccc5c(c4)oc4ccccc45)nc(-c4cccc5c4sc4ccccc45)n3)cc2)c1. The summed E-state index contributed by atoms with van der Waals surface area (Å²) in [6.07, 6.45) is 0. The predicted molar refractivity (Wildman–Crippen MR) is 261 cm³/mol. The van der Waals surface area contributed by atoms with Gasteiger partial charge >= 0.3 is 0 Å². The van der Waals surface area contributed by atoms with Crippen molar-refractivity contribution in [2.75, 3.05) is 0 Å². The Hall–Kier alpha value is -8.19. The molecule has 0 amide bonds. The van der Waals surface area contributed by atoms with Crippen LogP contribution in [0.3, 0.4) is 0 Å². The molecule has 0 saturated carbocycles. The molecule has 292 valence electrons. The zero-order chi connectivity index (χ0) is 41.2. The van der Waals surface area contributed by atoms with Gasteiger partial charge in [0.1, 0.15) is 22.3 Å². The number of hydrogen-bond donors (Lipinski definition) is 0. The molecule has 0 spiro atoms. The van der Waals surface area contributed by atoms with E-state index in [9.17, 15) is 0 Å². The molecule has 14 rings (SSSR count). The molecule has 5 nitrogen and oxygen atoms in total. The molecule has 14 aromatic rings. The summed E-state index contributed by atoms with van der Waals surface area (Å²) in [5, 5.41) is 11.8. The van der Waals surface area contributed by atoms with Crippen molar-refractivity contribution in [3.63, 3.8) is 0 Å². The zero-order valence-electron chi connectivity index (χ0n) is 33.5. The maximum Gasteiger partial charge on any atom is 0.165 e. The second kappa shape index (κ2) is 13.2. The lowest BCUT2D eigenvalue weighted by molar-refractivity contribution is 0.669. The minimum absolute atomic E-state index is 0.587. The van der Waals surface area contributed by atoms with Crippen molar-refractivity contribution >= 4 is 96.9 Å². The molecule has 63 heavy (non-hydrogen) atoms. The molecule has 10 aromatic carbocycles. The van der Waals surface area contributed by atoms with E-state index in [-0.39, 0.29) is 0 Å². The third-order valence-electron chi connectivity index (χ3n) is 12.7. The summed E-state index contributed by atoms with van der Waals surface area (Å²) in [6.45, 7) is 0. The summed E-state index contributed by atoms with van der Waals surface area (Å²) >= 11 is 1.77. The van der Waals surface area contributed by atoms with Gasteiger partial charge in [-0.2, -0.15) is 0 Å². The second-order valence-corrected chi connectivity index (χ2v) is 17.3. The predicted octanol–water partition coefficient (Wildman–Crippen LogP) is 16.1. The van der Waals surface area contributed by atoms with Crippen molar-refractivity contribution in [3.05, 3.63) is 188 Å². The van der Waals surface area contributed by atoms with Crippen LogP contribution in [0.5, 0.6) is 0 Å². The fraction of sp³-hybridized carbons (Fsp3) is 0. The maximum atomic E-state index is 6.47. The number of thiophene rings is 1. The highest BCUT2D eigenvalue weighted by Crippen LogP contribution is 2.48. The first kappa shape index (κ1) is 34.5. The zero-order valence-corrected chi connectivity index (χ0v) is 34.3. The maximum absolute atomic E-state index is 6.47. The second-order valence-electron chi connectivity index (χ2n) is 16.2. The molecule has 0 atom stereocenters. The molecule has 0 aliphatic heterocycles. The first-order chi connectivity index (χ1) is 31.2. The van der Waals surface area contributed by atoms with Crippen molar-refractivity contribution in [1.82, 2.24) is 15.0 Å². The molecule has 0 unspecified atom stereocenters. The highest BCUT2D eigenvalue weighted by atomic mass is 32.1. The van der Waals surface area contributed by atoms with Crippen molar-refractivity contribution in [2.24, 2.45) is 0 Å². The normalized spacial score (nSPS) is 12.1. The number of hydrogen-bond acceptors (Lipinski definition) is 6. The van der Waals surface area contributed by atoms with Gasteiger partial charge in [-0.05, 0) is 86.9 Å². The number of aromatic nitrogens is 3. The Morgan fingerprint density at radius 3 is 1.76 bits per heavy atom. The Kier molecular flexibility index (Phi) is 7.21. The number of furan rings is 2. The summed E-state index contributed by atoms with van der Waals surface area (Å²) in [5.74, 6) is 1.82. The fourth-order valence-corrected chi connectivity index (χ4v) is 11.1. The summed E-state index contributed by atoms with van der Waals surface area (Å²) in [5.41, 5.74) is 10.8. The Morgan fingerprint density at radius 1 is 0.302 bits per heavy atom. The summed E-state index contributed by atoms with van der Waals surface area (Å²) < 4.78 is 15.2. The van der Waals surface area contributed by atoms with E-state index in [4.69, 9.17) is 23.8 Å². The monoisotopic (exact) mass is 821 g/mol. The number of fused-ring (bicyclic) bond motifs is 9. The van der Waals surface area contributed by atoms with Crippen LogP contribution in [0.1, 0.15) is 0 Å². The molecule has 0 bridgehead atoms. The van der Waals surface area contributed by atoms with Crippen molar-refractivity contribution in [2.45, 2.75) is 0 Å². The third-order valence-corrected chi connectivity index (χ3v) is 14.0. The van der Waals surface area contributed by atoms with Gasteiger partial charge in [-0.25, -0.2) is 15.0 Å². The quantitative estimate of drug-likeness (QED) is 0.162. The van der Waals surface area contributed by atoms with Crippen LogP contribution in [0.15, 0.2) is 197 Å². The average Bonchev–Trinajstić information content (AvgIpc) is 4.05. The molecule has 0 radical (unpaired) electrons. The van der Waals surface area contributed by atoms with Crippen LogP contribution in [-0.2, 0) is 0 Å². The van der Waals surface area contributed by atoms with Crippen LogP contribution in [0, 0.1) is 0 Å². The van der Waals surface area contributed by atoms with Gasteiger partial charge in [0, 0.05) is 63.8 Å². The largest absolute Gasteiger partial charge is 0.456 e. The van der Waals surface area contributed by atoms with Gasteiger partial charge in [0.05, 0.1) is 0 Å². The minimum Gasteiger partial charge on any atom is -0.456 e. The summed E-state index contributed by atoms with van der Waals surface area (Å²) in [4.78, 5) is 15.6.